The van der Waals surface area contributed by atoms with Gasteiger partial charge in [0.15, 0.2) is 0 Å². The number of halogens is 1. The fraction of sp³-hybridized carbons (Fsp3) is 0.286. The van der Waals surface area contributed by atoms with Crippen molar-refractivity contribution in [2.24, 2.45) is 5.92 Å². The molecule has 0 radical (unpaired) electrons. The van der Waals surface area contributed by atoms with Crippen molar-refractivity contribution < 1.29 is 23.9 Å². The van der Waals surface area contributed by atoms with Crippen LogP contribution in [0.25, 0.3) is 0 Å². The third-order valence-electron chi connectivity index (χ3n) is 4.77. The Morgan fingerprint density at radius 2 is 1.82 bits per heavy atom. The van der Waals surface area contributed by atoms with E-state index in [1.807, 2.05) is 30.3 Å². The summed E-state index contributed by atoms with van der Waals surface area (Å²) in [5.74, 6) is -2.56. The number of amides is 2. The number of likely N-dealkylation sites (tertiary alicyclic amines) is 1. The first-order valence-corrected chi connectivity index (χ1v) is 9.01. The molecule has 1 aliphatic rings. The van der Waals surface area contributed by atoms with Gasteiger partial charge in [0.2, 0.25) is 11.8 Å². The van der Waals surface area contributed by atoms with E-state index in [1.54, 1.807) is 4.90 Å². The number of nitrogens with zero attached hydrogens (tertiary/aromatic N) is 1. The van der Waals surface area contributed by atoms with E-state index in [1.165, 1.54) is 24.3 Å². The van der Waals surface area contributed by atoms with E-state index >= 15 is 0 Å². The Morgan fingerprint density at radius 3 is 2.46 bits per heavy atom. The molecule has 2 atom stereocenters. The summed E-state index contributed by atoms with van der Waals surface area (Å²) in [6.45, 7) is 0.711. The second-order valence-electron chi connectivity index (χ2n) is 6.87. The van der Waals surface area contributed by atoms with E-state index in [-0.39, 0.29) is 31.2 Å². The summed E-state index contributed by atoms with van der Waals surface area (Å²) in [5, 5.41) is 11.8. The van der Waals surface area contributed by atoms with Crippen LogP contribution >= 0.6 is 0 Å². The average Bonchev–Trinajstić information content (AvgIpc) is 3.03. The molecule has 0 aliphatic carbocycles. The summed E-state index contributed by atoms with van der Waals surface area (Å²) in [6, 6.07) is 14.0. The normalized spacial score (nSPS) is 17.4. The van der Waals surface area contributed by atoms with Gasteiger partial charge in [0.25, 0.3) is 0 Å². The number of hydrogen-bond acceptors (Lipinski definition) is 3. The van der Waals surface area contributed by atoms with Crippen molar-refractivity contribution in [1.29, 1.82) is 0 Å². The molecule has 0 saturated carbocycles. The lowest BCUT2D eigenvalue weighted by Gasteiger charge is -2.20. The number of carboxylic acids is 1. The van der Waals surface area contributed by atoms with Gasteiger partial charge in [-0.05, 0) is 23.3 Å². The summed E-state index contributed by atoms with van der Waals surface area (Å²) in [6.07, 6.45) is -0.242. The number of hydrogen-bond donors (Lipinski definition) is 2. The molecular formula is C21H21FN2O4. The molecule has 2 unspecified atom stereocenters. The summed E-state index contributed by atoms with van der Waals surface area (Å²) in [7, 11) is 0. The number of rotatable bonds is 7. The number of carbonyl (C=O) groups excluding carboxylic acids is 2. The zero-order valence-corrected chi connectivity index (χ0v) is 15.2. The van der Waals surface area contributed by atoms with Crippen LogP contribution in [0.3, 0.4) is 0 Å². The monoisotopic (exact) mass is 384 g/mol. The van der Waals surface area contributed by atoms with Gasteiger partial charge in [0, 0.05) is 19.5 Å². The predicted octanol–water partition coefficient (Wildman–Crippen LogP) is 2.51. The largest absolute Gasteiger partial charge is 0.481 e. The maximum atomic E-state index is 13.1. The van der Waals surface area contributed by atoms with Gasteiger partial charge in [-0.25, -0.2) is 4.39 Å². The van der Waals surface area contributed by atoms with Crippen LogP contribution in [-0.4, -0.2) is 34.3 Å². The number of aliphatic carboxylic acids is 1. The lowest BCUT2D eigenvalue weighted by atomic mass is 10.0. The van der Waals surface area contributed by atoms with Crippen LogP contribution in [-0.2, 0) is 20.9 Å². The Balaban J connectivity index is 1.65. The zero-order chi connectivity index (χ0) is 20.1. The molecule has 28 heavy (non-hydrogen) atoms. The maximum absolute atomic E-state index is 13.1. The van der Waals surface area contributed by atoms with Crippen LogP contribution in [0.5, 0.6) is 0 Å². The van der Waals surface area contributed by atoms with Crippen LogP contribution in [0.15, 0.2) is 54.6 Å². The highest BCUT2D eigenvalue weighted by Crippen LogP contribution is 2.23. The average molecular weight is 384 g/mol. The Labute approximate surface area is 162 Å². The molecule has 1 aliphatic heterocycles. The van der Waals surface area contributed by atoms with Crippen LogP contribution in [0.4, 0.5) is 4.39 Å². The van der Waals surface area contributed by atoms with Crippen molar-refractivity contribution in [2.45, 2.75) is 25.4 Å². The van der Waals surface area contributed by atoms with Crippen molar-refractivity contribution in [3.05, 3.63) is 71.5 Å². The van der Waals surface area contributed by atoms with E-state index in [9.17, 15) is 18.8 Å². The van der Waals surface area contributed by atoms with Crippen molar-refractivity contribution >= 4 is 17.8 Å². The van der Waals surface area contributed by atoms with Crippen molar-refractivity contribution in [1.82, 2.24) is 10.2 Å². The van der Waals surface area contributed by atoms with Crippen LogP contribution in [0, 0.1) is 11.7 Å². The summed E-state index contributed by atoms with van der Waals surface area (Å²) in [4.78, 5) is 37.7. The minimum absolute atomic E-state index is 0.0852. The molecular weight excluding hydrogens is 363 g/mol. The van der Waals surface area contributed by atoms with Gasteiger partial charge in [-0.2, -0.15) is 0 Å². The van der Waals surface area contributed by atoms with E-state index in [2.05, 4.69) is 5.32 Å². The zero-order valence-electron chi connectivity index (χ0n) is 15.2. The lowest BCUT2D eigenvalue weighted by Crippen LogP contribution is -2.36. The molecule has 2 N–H and O–H groups in total. The summed E-state index contributed by atoms with van der Waals surface area (Å²) in [5.41, 5.74) is 1.48. The standard InChI is InChI=1S/C21H21FN2O4/c22-17-8-6-15(7-9-17)18(11-20(26)27)23-21(28)16-10-19(25)24(13-16)12-14-4-2-1-3-5-14/h1-9,16,18H,10-13H2,(H,23,28)(H,26,27). The molecule has 0 aromatic heterocycles. The van der Waals surface area contributed by atoms with Crippen molar-refractivity contribution in [3.8, 4) is 0 Å². The molecule has 3 rings (SSSR count). The van der Waals surface area contributed by atoms with E-state index < -0.39 is 23.7 Å². The molecule has 6 nitrogen and oxygen atoms in total. The van der Waals surface area contributed by atoms with Gasteiger partial charge >= 0.3 is 5.97 Å². The smallest absolute Gasteiger partial charge is 0.305 e. The van der Waals surface area contributed by atoms with Gasteiger partial charge < -0.3 is 15.3 Å². The highest BCUT2D eigenvalue weighted by atomic mass is 19.1. The first-order valence-electron chi connectivity index (χ1n) is 9.01. The topological polar surface area (TPSA) is 86.7 Å². The van der Waals surface area contributed by atoms with E-state index in [0.29, 0.717) is 12.1 Å². The first-order chi connectivity index (χ1) is 13.4. The first kappa shape index (κ1) is 19.5. The Hall–Kier alpha value is -3.22. The summed E-state index contributed by atoms with van der Waals surface area (Å²) < 4.78 is 13.1. The maximum Gasteiger partial charge on any atom is 0.305 e. The minimum atomic E-state index is -1.08. The minimum Gasteiger partial charge on any atom is -0.481 e. The number of carboxylic acid groups (broad SMARTS) is 1. The van der Waals surface area contributed by atoms with Gasteiger partial charge in [-0.15, -0.1) is 0 Å². The van der Waals surface area contributed by atoms with E-state index in [0.717, 1.165) is 5.56 Å². The predicted molar refractivity (Wildman–Crippen MR) is 99.5 cm³/mol. The van der Waals surface area contributed by atoms with Gasteiger partial charge in [0.05, 0.1) is 18.4 Å². The highest BCUT2D eigenvalue weighted by molar-refractivity contribution is 5.89. The highest BCUT2D eigenvalue weighted by Gasteiger charge is 2.35. The Morgan fingerprint density at radius 1 is 1.14 bits per heavy atom. The van der Waals surface area contributed by atoms with Gasteiger partial charge in [0.1, 0.15) is 5.82 Å². The van der Waals surface area contributed by atoms with Crippen LogP contribution < -0.4 is 5.32 Å². The third kappa shape index (κ3) is 4.94. The van der Waals surface area contributed by atoms with Crippen LogP contribution in [0.2, 0.25) is 0 Å². The SMILES string of the molecule is O=C(O)CC(NC(=O)C1CC(=O)N(Cc2ccccc2)C1)c1ccc(F)cc1. The lowest BCUT2D eigenvalue weighted by molar-refractivity contribution is -0.138. The van der Waals surface area contributed by atoms with Gasteiger partial charge in [-0.1, -0.05) is 42.5 Å². The van der Waals surface area contributed by atoms with E-state index in [4.69, 9.17) is 5.11 Å². The van der Waals surface area contributed by atoms with Crippen molar-refractivity contribution in [2.75, 3.05) is 6.54 Å². The molecule has 146 valence electrons. The molecule has 1 heterocycles. The summed E-state index contributed by atoms with van der Waals surface area (Å²) >= 11 is 0. The molecule has 0 bridgehead atoms. The fourth-order valence-corrected chi connectivity index (χ4v) is 3.32. The third-order valence-corrected chi connectivity index (χ3v) is 4.77. The Bertz CT molecular complexity index is 854. The Kier molecular flexibility index (Phi) is 6.03. The fourth-order valence-electron chi connectivity index (χ4n) is 3.32. The second kappa shape index (κ2) is 8.65. The quantitative estimate of drug-likeness (QED) is 0.768. The second-order valence-corrected chi connectivity index (χ2v) is 6.87. The molecule has 1 fully saturated rings. The molecule has 2 aromatic carbocycles. The molecule has 0 spiro atoms. The molecule has 7 heteroatoms. The number of carbonyl (C=O) groups is 3. The van der Waals surface area contributed by atoms with Gasteiger partial charge in [-0.3, -0.25) is 14.4 Å². The van der Waals surface area contributed by atoms with Crippen LogP contribution in [0.1, 0.15) is 30.0 Å². The molecule has 2 amide bonds. The molecule has 2 aromatic rings. The number of benzene rings is 2. The molecule has 1 saturated heterocycles. The number of nitrogens with one attached hydrogen (secondary N) is 1. The van der Waals surface area contributed by atoms with Crippen molar-refractivity contribution in [3.63, 3.8) is 0 Å².